The van der Waals surface area contributed by atoms with Gasteiger partial charge in [0.05, 0.1) is 0 Å². The first-order chi connectivity index (χ1) is 12.9. The van der Waals surface area contributed by atoms with Crippen LogP contribution in [-0.4, -0.2) is 87.0 Å². The Balaban J connectivity index is 1.82. The largest absolute Gasteiger partial charge is 0.356 e. The number of amides is 1. The van der Waals surface area contributed by atoms with Crippen molar-refractivity contribution in [2.75, 3.05) is 60.4 Å². The molecule has 0 radical (unpaired) electrons. The third-order valence-corrected chi connectivity index (χ3v) is 4.78. The molecule has 6 heteroatoms. The molecule has 1 saturated heterocycles. The Bertz CT molecular complexity index is 633. The van der Waals surface area contributed by atoms with E-state index in [1.165, 1.54) is 6.54 Å². The maximum atomic E-state index is 12.1. The third-order valence-electron chi connectivity index (χ3n) is 4.78. The van der Waals surface area contributed by atoms with E-state index < -0.39 is 0 Å². The van der Waals surface area contributed by atoms with Crippen molar-refractivity contribution in [2.45, 2.75) is 20.3 Å². The third kappa shape index (κ3) is 6.54. The summed E-state index contributed by atoms with van der Waals surface area (Å²) in [6, 6.07) is 7.88. The van der Waals surface area contributed by atoms with Gasteiger partial charge in [0.1, 0.15) is 0 Å². The summed E-state index contributed by atoms with van der Waals surface area (Å²) in [6.07, 6.45) is 0.862. The van der Waals surface area contributed by atoms with Crippen LogP contribution < -0.4 is 5.32 Å². The first-order valence-corrected chi connectivity index (χ1v) is 9.89. The van der Waals surface area contributed by atoms with Crippen LogP contribution in [0.4, 0.5) is 0 Å². The minimum absolute atomic E-state index is 0.0416. The van der Waals surface area contributed by atoms with Crippen LogP contribution in [0.15, 0.2) is 29.3 Å². The van der Waals surface area contributed by atoms with E-state index in [1.54, 1.807) is 19.0 Å². The standard InChI is InChI=1S/C21H35N5O/c1-17(2)16-25-11-13-26(14-12-25)21(22-3)23-10-9-18-7-6-8-19(15-18)20(27)24(4)5/h6-8,15,17H,9-14,16H2,1-5H3,(H,22,23). The summed E-state index contributed by atoms with van der Waals surface area (Å²) in [5, 5.41) is 3.48. The van der Waals surface area contributed by atoms with Crippen molar-refractivity contribution >= 4 is 11.9 Å². The van der Waals surface area contributed by atoms with Gasteiger partial charge in [-0.1, -0.05) is 26.0 Å². The number of hydrogen-bond acceptors (Lipinski definition) is 3. The van der Waals surface area contributed by atoms with Gasteiger partial charge in [-0.25, -0.2) is 0 Å². The van der Waals surface area contributed by atoms with Crippen LogP contribution in [0, 0.1) is 5.92 Å². The van der Waals surface area contributed by atoms with Crippen molar-refractivity contribution < 1.29 is 4.79 Å². The fraction of sp³-hybridized carbons (Fsp3) is 0.619. The zero-order valence-electron chi connectivity index (χ0n) is 17.5. The van der Waals surface area contributed by atoms with Crippen molar-refractivity contribution in [3.05, 3.63) is 35.4 Å². The number of carbonyl (C=O) groups is 1. The molecule has 0 atom stereocenters. The molecule has 27 heavy (non-hydrogen) atoms. The Morgan fingerprint density at radius 1 is 1.22 bits per heavy atom. The van der Waals surface area contributed by atoms with Crippen molar-refractivity contribution in [2.24, 2.45) is 10.9 Å². The highest BCUT2D eigenvalue weighted by atomic mass is 16.2. The monoisotopic (exact) mass is 373 g/mol. The van der Waals surface area contributed by atoms with Gasteiger partial charge in [0.25, 0.3) is 5.91 Å². The number of hydrogen-bond donors (Lipinski definition) is 1. The number of piperazine rings is 1. The van der Waals surface area contributed by atoms with Crippen LogP contribution in [0.2, 0.25) is 0 Å². The van der Waals surface area contributed by atoms with E-state index in [0.29, 0.717) is 5.92 Å². The highest BCUT2D eigenvalue weighted by molar-refractivity contribution is 5.94. The van der Waals surface area contributed by atoms with Crippen LogP contribution in [0.5, 0.6) is 0 Å². The van der Waals surface area contributed by atoms with Crippen LogP contribution >= 0.6 is 0 Å². The van der Waals surface area contributed by atoms with Gasteiger partial charge in [-0.3, -0.25) is 14.7 Å². The van der Waals surface area contributed by atoms with Gasteiger partial charge >= 0.3 is 0 Å². The van der Waals surface area contributed by atoms with Crippen molar-refractivity contribution in [1.82, 2.24) is 20.0 Å². The van der Waals surface area contributed by atoms with E-state index in [0.717, 1.165) is 56.2 Å². The molecule has 0 unspecified atom stereocenters. The van der Waals surface area contributed by atoms with Crippen LogP contribution in [0.3, 0.4) is 0 Å². The fourth-order valence-corrected chi connectivity index (χ4v) is 3.43. The lowest BCUT2D eigenvalue weighted by atomic mass is 10.1. The van der Waals surface area contributed by atoms with Gasteiger partial charge in [-0.2, -0.15) is 0 Å². The quantitative estimate of drug-likeness (QED) is 0.610. The zero-order chi connectivity index (χ0) is 19.8. The molecule has 6 nitrogen and oxygen atoms in total. The Morgan fingerprint density at radius 2 is 1.93 bits per heavy atom. The molecule has 2 rings (SSSR count). The SMILES string of the molecule is CN=C(NCCc1cccc(C(=O)N(C)C)c1)N1CCN(CC(C)C)CC1. The van der Waals surface area contributed by atoms with Gasteiger partial charge < -0.3 is 15.1 Å². The fourth-order valence-electron chi connectivity index (χ4n) is 3.43. The molecule has 1 amide bonds. The second-order valence-corrected chi connectivity index (χ2v) is 7.81. The molecule has 150 valence electrons. The van der Waals surface area contributed by atoms with Gasteiger partial charge in [-0.15, -0.1) is 0 Å². The average Bonchev–Trinajstić information content (AvgIpc) is 2.65. The van der Waals surface area contributed by atoms with Crippen molar-refractivity contribution in [3.63, 3.8) is 0 Å². The van der Waals surface area contributed by atoms with E-state index in [-0.39, 0.29) is 5.91 Å². The molecule has 1 fully saturated rings. The Kier molecular flexibility index (Phi) is 8.10. The molecule has 1 aliphatic rings. The number of nitrogens with one attached hydrogen (secondary N) is 1. The summed E-state index contributed by atoms with van der Waals surface area (Å²) in [4.78, 5) is 23.0. The first-order valence-electron chi connectivity index (χ1n) is 9.89. The van der Waals surface area contributed by atoms with E-state index in [4.69, 9.17) is 0 Å². The molecular formula is C21H35N5O. The van der Waals surface area contributed by atoms with E-state index >= 15 is 0 Å². The number of nitrogens with zero attached hydrogens (tertiary/aromatic N) is 4. The van der Waals surface area contributed by atoms with Gasteiger partial charge in [0.15, 0.2) is 5.96 Å². The normalized spacial score (nSPS) is 15.9. The summed E-state index contributed by atoms with van der Waals surface area (Å²) in [6.45, 7) is 10.7. The summed E-state index contributed by atoms with van der Waals surface area (Å²) in [7, 11) is 5.40. The second-order valence-electron chi connectivity index (χ2n) is 7.81. The molecule has 0 aliphatic carbocycles. The minimum Gasteiger partial charge on any atom is -0.356 e. The Morgan fingerprint density at radius 3 is 2.52 bits per heavy atom. The van der Waals surface area contributed by atoms with E-state index in [2.05, 4.69) is 40.0 Å². The lowest BCUT2D eigenvalue weighted by Gasteiger charge is -2.37. The molecule has 0 saturated carbocycles. The van der Waals surface area contributed by atoms with Crippen LogP contribution in [0.25, 0.3) is 0 Å². The van der Waals surface area contributed by atoms with E-state index in [9.17, 15) is 4.79 Å². The van der Waals surface area contributed by atoms with Crippen molar-refractivity contribution in [3.8, 4) is 0 Å². The Labute approximate surface area is 164 Å². The molecule has 0 bridgehead atoms. The molecule has 0 aromatic heterocycles. The summed E-state index contributed by atoms with van der Waals surface area (Å²) in [5.74, 6) is 1.73. The minimum atomic E-state index is 0.0416. The molecule has 1 N–H and O–H groups in total. The smallest absolute Gasteiger partial charge is 0.253 e. The van der Waals surface area contributed by atoms with Gasteiger partial charge in [-0.05, 0) is 30.0 Å². The predicted molar refractivity (Wildman–Crippen MR) is 112 cm³/mol. The van der Waals surface area contributed by atoms with Crippen molar-refractivity contribution in [1.29, 1.82) is 0 Å². The number of rotatable bonds is 6. The molecule has 1 aromatic carbocycles. The molecule has 1 aromatic rings. The summed E-state index contributed by atoms with van der Waals surface area (Å²) < 4.78 is 0. The summed E-state index contributed by atoms with van der Waals surface area (Å²) >= 11 is 0. The first kappa shape index (κ1) is 21.2. The van der Waals surface area contributed by atoms with Gasteiger partial charge in [0.2, 0.25) is 0 Å². The average molecular weight is 374 g/mol. The number of guanidine groups is 1. The molecule has 1 aliphatic heterocycles. The molecule has 1 heterocycles. The lowest BCUT2D eigenvalue weighted by Crippen LogP contribution is -2.53. The number of benzene rings is 1. The zero-order valence-corrected chi connectivity index (χ0v) is 17.5. The highest BCUT2D eigenvalue weighted by Crippen LogP contribution is 2.09. The van der Waals surface area contributed by atoms with Crippen LogP contribution in [0.1, 0.15) is 29.8 Å². The van der Waals surface area contributed by atoms with E-state index in [1.807, 2.05) is 25.2 Å². The highest BCUT2D eigenvalue weighted by Gasteiger charge is 2.19. The lowest BCUT2D eigenvalue weighted by molar-refractivity contribution is 0.0827. The van der Waals surface area contributed by atoms with Gasteiger partial charge in [0, 0.05) is 66.0 Å². The topological polar surface area (TPSA) is 51.2 Å². The number of carbonyl (C=O) groups excluding carboxylic acids is 1. The van der Waals surface area contributed by atoms with Crippen LogP contribution in [-0.2, 0) is 6.42 Å². The Hall–Kier alpha value is -2.08. The number of aliphatic imine (C=N–C) groups is 1. The molecule has 0 spiro atoms. The second kappa shape index (κ2) is 10.3. The predicted octanol–water partition coefficient (Wildman–Crippen LogP) is 1.78. The summed E-state index contributed by atoms with van der Waals surface area (Å²) in [5.41, 5.74) is 1.90. The molecular weight excluding hydrogens is 338 g/mol. The maximum absolute atomic E-state index is 12.1. The maximum Gasteiger partial charge on any atom is 0.253 e.